The molecule has 0 aromatic carbocycles. The van der Waals surface area contributed by atoms with Crippen LogP contribution in [0.5, 0.6) is 0 Å². The van der Waals surface area contributed by atoms with E-state index in [-0.39, 0.29) is 11.7 Å². The van der Waals surface area contributed by atoms with Gasteiger partial charge in [-0.3, -0.25) is 0 Å². The Hall–Kier alpha value is -0.0800. The fourth-order valence-electron chi connectivity index (χ4n) is 1.09. The fourth-order valence-corrected chi connectivity index (χ4v) is 1.09. The van der Waals surface area contributed by atoms with Crippen LogP contribution in [0.3, 0.4) is 0 Å². The predicted molar refractivity (Wildman–Crippen MR) is 49.2 cm³/mol. The molecular weight excluding hydrogens is 152 g/mol. The highest BCUT2D eigenvalue weighted by Crippen LogP contribution is 2.29. The van der Waals surface area contributed by atoms with E-state index in [0.717, 1.165) is 13.2 Å². The normalized spacial score (nSPS) is 37.5. The van der Waals surface area contributed by atoms with Crippen molar-refractivity contribution in [3.63, 3.8) is 0 Å². The molecule has 0 bridgehead atoms. The number of ether oxygens (including phenoxy) is 2. The van der Waals surface area contributed by atoms with Gasteiger partial charge in [-0.15, -0.1) is 0 Å². The second-order valence-corrected chi connectivity index (χ2v) is 4.09. The molecular formula is C10H20O2. The minimum Gasteiger partial charge on any atom is -0.372 e. The Kier molecular flexibility index (Phi) is 3.13. The Balaban J connectivity index is 2.22. The van der Waals surface area contributed by atoms with Crippen LogP contribution in [-0.2, 0) is 9.47 Å². The first-order chi connectivity index (χ1) is 5.58. The van der Waals surface area contributed by atoms with Gasteiger partial charge in [0.2, 0.25) is 0 Å². The van der Waals surface area contributed by atoms with Gasteiger partial charge in [-0.1, -0.05) is 20.3 Å². The van der Waals surface area contributed by atoms with Crippen molar-refractivity contribution in [2.75, 3.05) is 13.2 Å². The summed E-state index contributed by atoms with van der Waals surface area (Å²) < 4.78 is 11.1. The molecule has 12 heavy (non-hydrogen) atoms. The quantitative estimate of drug-likeness (QED) is 0.647. The van der Waals surface area contributed by atoms with Crippen molar-refractivity contribution in [1.82, 2.24) is 0 Å². The molecule has 1 saturated heterocycles. The van der Waals surface area contributed by atoms with Gasteiger partial charge in [-0.25, -0.2) is 0 Å². The average molecular weight is 172 g/mol. The van der Waals surface area contributed by atoms with E-state index in [0.29, 0.717) is 5.92 Å². The summed E-state index contributed by atoms with van der Waals surface area (Å²) in [6.45, 7) is 10.2. The molecule has 1 rings (SSSR count). The average Bonchev–Trinajstić information content (AvgIpc) is 2.10. The first-order valence-corrected chi connectivity index (χ1v) is 4.84. The molecule has 0 amide bonds. The molecule has 0 N–H and O–H groups in total. The first kappa shape index (κ1) is 10.0. The summed E-state index contributed by atoms with van der Waals surface area (Å²) in [4.78, 5) is 0. The molecule has 1 heterocycles. The first-order valence-electron chi connectivity index (χ1n) is 4.84. The van der Waals surface area contributed by atoms with Gasteiger partial charge in [0, 0.05) is 0 Å². The van der Waals surface area contributed by atoms with Crippen molar-refractivity contribution in [3.05, 3.63) is 0 Å². The molecule has 1 fully saturated rings. The van der Waals surface area contributed by atoms with E-state index >= 15 is 0 Å². The lowest BCUT2D eigenvalue weighted by atomic mass is 9.95. The van der Waals surface area contributed by atoms with Crippen LogP contribution in [0, 0.1) is 5.92 Å². The van der Waals surface area contributed by atoms with E-state index in [4.69, 9.17) is 9.47 Å². The molecule has 1 aliphatic heterocycles. The fraction of sp³-hybridized carbons (Fsp3) is 1.00. The molecule has 0 aliphatic carbocycles. The zero-order valence-corrected chi connectivity index (χ0v) is 8.59. The van der Waals surface area contributed by atoms with E-state index in [1.54, 1.807) is 0 Å². The SMILES string of the molecule is CCC(C)COC1(C)COC1C. The van der Waals surface area contributed by atoms with Crippen molar-refractivity contribution in [2.45, 2.75) is 45.8 Å². The van der Waals surface area contributed by atoms with E-state index in [9.17, 15) is 0 Å². The zero-order valence-electron chi connectivity index (χ0n) is 8.59. The van der Waals surface area contributed by atoms with Crippen molar-refractivity contribution in [2.24, 2.45) is 5.92 Å². The van der Waals surface area contributed by atoms with Crippen LogP contribution in [0.25, 0.3) is 0 Å². The maximum atomic E-state index is 5.81. The molecule has 72 valence electrons. The van der Waals surface area contributed by atoms with Gasteiger partial charge >= 0.3 is 0 Å². The van der Waals surface area contributed by atoms with Crippen molar-refractivity contribution in [1.29, 1.82) is 0 Å². The topological polar surface area (TPSA) is 18.5 Å². The largest absolute Gasteiger partial charge is 0.372 e. The van der Waals surface area contributed by atoms with Gasteiger partial charge in [0.15, 0.2) is 0 Å². The highest BCUT2D eigenvalue weighted by Gasteiger charge is 2.42. The van der Waals surface area contributed by atoms with Crippen LogP contribution in [0.4, 0.5) is 0 Å². The molecule has 0 saturated carbocycles. The zero-order chi connectivity index (χ0) is 9.19. The molecule has 0 aromatic heterocycles. The van der Waals surface area contributed by atoms with E-state index < -0.39 is 0 Å². The van der Waals surface area contributed by atoms with Crippen LogP contribution in [-0.4, -0.2) is 24.9 Å². The van der Waals surface area contributed by atoms with Gasteiger partial charge < -0.3 is 9.47 Å². The molecule has 2 nitrogen and oxygen atoms in total. The molecule has 3 unspecified atom stereocenters. The number of rotatable bonds is 4. The Morgan fingerprint density at radius 3 is 2.67 bits per heavy atom. The molecule has 0 spiro atoms. The maximum Gasteiger partial charge on any atom is 0.114 e. The summed E-state index contributed by atoms with van der Waals surface area (Å²) in [6.07, 6.45) is 1.45. The summed E-state index contributed by atoms with van der Waals surface area (Å²) in [7, 11) is 0. The van der Waals surface area contributed by atoms with Crippen LogP contribution in [0.15, 0.2) is 0 Å². The Morgan fingerprint density at radius 2 is 2.33 bits per heavy atom. The predicted octanol–water partition coefficient (Wildman–Crippen LogP) is 2.23. The second-order valence-electron chi connectivity index (χ2n) is 4.09. The molecule has 2 heteroatoms. The van der Waals surface area contributed by atoms with Crippen LogP contribution in [0.2, 0.25) is 0 Å². The number of hydrogen-bond donors (Lipinski definition) is 0. The second kappa shape index (κ2) is 3.75. The summed E-state index contributed by atoms with van der Waals surface area (Å²) >= 11 is 0. The highest BCUT2D eigenvalue weighted by molar-refractivity contribution is 4.90. The smallest absolute Gasteiger partial charge is 0.114 e. The number of hydrogen-bond acceptors (Lipinski definition) is 2. The lowest BCUT2D eigenvalue weighted by Gasteiger charge is -2.45. The van der Waals surface area contributed by atoms with Crippen LogP contribution < -0.4 is 0 Å². The third-order valence-electron chi connectivity index (χ3n) is 2.87. The van der Waals surface area contributed by atoms with Crippen molar-refractivity contribution < 1.29 is 9.47 Å². The minimum atomic E-state index is -0.0105. The molecule has 0 radical (unpaired) electrons. The van der Waals surface area contributed by atoms with Crippen molar-refractivity contribution >= 4 is 0 Å². The summed E-state index contributed by atoms with van der Waals surface area (Å²) in [6, 6.07) is 0. The minimum absolute atomic E-state index is 0.0105. The molecule has 0 aromatic rings. The lowest BCUT2D eigenvalue weighted by molar-refractivity contribution is -0.248. The third-order valence-corrected chi connectivity index (χ3v) is 2.87. The standard InChI is InChI=1S/C10H20O2/c1-5-8(2)6-12-10(4)7-11-9(10)3/h8-9H,5-7H2,1-4H3. The lowest BCUT2D eigenvalue weighted by Crippen LogP contribution is -2.56. The Bertz CT molecular complexity index is 147. The van der Waals surface area contributed by atoms with Gasteiger partial charge in [0.1, 0.15) is 5.60 Å². The summed E-state index contributed by atoms with van der Waals surface area (Å²) in [5.74, 6) is 0.662. The summed E-state index contributed by atoms with van der Waals surface area (Å²) in [5.41, 5.74) is -0.0105. The van der Waals surface area contributed by atoms with E-state index in [1.165, 1.54) is 6.42 Å². The Labute approximate surface area is 75.2 Å². The maximum absolute atomic E-state index is 5.81. The van der Waals surface area contributed by atoms with E-state index in [2.05, 4.69) is 27.7 Å². The van der Waals surface area contributed by atoms with Crippen LogP contribution in [0.1, 0.15) is 34.1 Å². The van der Waals surface area contributed by atoms with Gasteiger partial charge in [-0.2, -0.15) is 0 Å². The van der Waals surface area contributed by atoms with Crippen molar-refractivity contribution in [3.8, 4) is 0 Å². The Morgan fingerprint density at radius 1 is 1.67 bits per heavy atom. The van der Waals surface area contributed by atoms with Crippen LogP contribution >= 0.6 is 0 Å². The third kappa shape index (κ3) is 1.99. The van der Waals surface area contributed by atoms with Gasteiger partial charge in [-0.05, 0) is 19.8 Å². The van der Waals surface area contributed by atoms with Gasteiger partial charge in [0.05, 0.1) is 19.3 Å². The molecule has 3 atom stereocenters. The van der Waals surface area contributed by atoms with Gasteiger partial charge in [0.25, 0.3) is 0 Å². The highest BCUT2D eigenvalue weighted by atomic mass is 16.6. The summed E-state index contributed by atoms with van der Waals surface area (Å²) in [5, 5.41) is 0. The molecule has 1 aliphatic rings. The van der Waals surface area contributed by atoms with E-state index in [1.807, 2.05) is 0 Å². The monoisotopic (exact) mass is 172 g/mol.